The molecule has 301 valence electrons. The van der Waals surface area contributed by atoms with E-state index >= 15 is 0 Å². The van der Waals surface area contributed by atoms with Gasteiger partial charge in [0.2, 0.25) is 0 Å². The Morgan fingerprint density at radius 3 is 2.02 bits per heavy atom. The molecule has 8 heteroatoms. The van der Waals surface area contributed by atoms with Gasteiger partial charge in [-0.1, -0.05) is 108 Å². The van der Waals surface area contributed by atoms with Crippen LogP contribution in [0.4, 0.5) is 13.2 Å². The number of aliphatic hydroxyl groups excluding tert-OH is 1. The van der Waals surface area contributed by atoms with E-state index in [1.165, 1.54) is 63.0 Å². The van der Waals surface area contributed by atoms with Crippen molar-refractivity contribution in [3.05, 3.63) is 94.4 Å². The number of fused-ring (bicyclic) bond motifs is 1. The fourth-order valence-electron chi connectivity index (χ4n) is 7.96. The predicted molar refractivity (Wildman–Crippen MR) is 217 cm³/mol. The van der Waals surface area contributed by atoms with Gasteiger partial charge < -0.3 is 5.11 Å². The van der Waals surface area contributed by atoms with Crippen molar-refractivity contribution in [1.29, 1.82) is 0 Å². The van der Waals surface area contributed by atoms with Gasteiger partial charge in [-0.15, -0.1) is 29.1 Å². The Kier molecular flexibility index (Phi) is 16.9. The molecule has 4 aromatic rings. The van der Waals surface area contributed by atoms with E-state index in [0.717, 1.165) is 70.3 Å². The van der Waals surface area contributed by atoms with Gasteiger partial charge in [0, 0.05) is 49.3 Å². The third-order valence-electron chi connectivity index (χ3n) is 11.5. The molecule has 1 aliphatic carbocycles. The molecule has 0 amide bonds. The van der Waals surface area contributed by atoms with Crippen LogP contribution in [0.25, 0.3) is 33.2 Å². The van der Waals surface area contributed by atoms with Crippen molar-refractivity contribution in [2.24, 2.45) is 17.3 Å². The molecule has 1 saturated carbocycles. The topological polar surface area (TPSA) is 63.1 Å². The Labute approximate surface area is 341 Å². The van der Waals surface area contributed by atoms with Gasteiger partial charge >= 0.3 is 6.18 Å². The van der Waals surface area contributed by atoms with Crippen molar-refractivity contribution in [2.45, 2.75) is 139 Å². The summed E-state index contributed by atoms with van der Waals surface area (Å²) in [6.07, 6.45) is 6.81. The Balaban J connectivity index is 0.000000433. The number of allylic oxidation sites excluding steroid dienone is 2. The standard InChI is InChI=1S/C34H36F3N2.C13H24O2.Ir/c1-21-15-24(20-33(4,5)34(35,36)37)16-22(2)32(21)29-19-31(39-38-23(29)3)27-17-26-13-9-10-14-28(26)30(18-27)25-11-7-6-8-12-25;1-5-10(6-2)12(14)9-13(15)11(7-3)8-4;/h9-10,13-16,18-19,25H,6-8,11-12,20H2,1-5H3;9-11,14H,5-8H2,1-4H3;/q-1;;/b;12-9-;. The molecule has 1 aromatic heterocycles. The number of alkyl halides is 3. The molecule has 0 saturated heterocycles. The smallest absolute Gasteiger partial charge is 0.394 e. The molecular formula is C47H60F3IrN2O2-. The largest absolute Gasteiger partial charge is 0.512 e. The summed E-state index contributed by atoms with van der Waals surface area (Å²) in [5.41, 5.74) is 6.59. The van der Waals surface area contributed by atoms with Crippen LogP contribution in [0.15, 0.2) is 60.4 Å². The number of rotatable bonds is 12. The maximum atomic E-state index is 13.5. The first-order chi connectivity index (χ1) is 25.5. The molecule has 1 heterocycles. The number of ketones is 1. The van der Waals surface area contributed by atoms with Crippen molar-refractivity contribution in [1.82, 2.24) is 10.2 Å². The molecule has 3 aromatic carbocycles. The van der Waals surface area contributed by atoms with Gasteiger partial charge in [0.15, 0.2) is 5.78 Å². The maximum Gasteiger partial charge on any atom is 0.394 e. The van der Waals surface area contributed by atoms with E-state index in [0.29, 0.717) is 11.5 Å². The Hall–Kier alpha value is -3.35. The molecule has 1 fully saturated rings. The van der Waals surface area contributed by atoms with Gasteiger partial charge in [-0.3, -0.25) is 4.79 Å². The zero-order valence-electron chi connectivity index (χ0n) is 34.2. The normalized spacial score (nSPS) is 14.2. The van der Waals surface area contributed by atoms with Gasteiger partial charge in [0.25, 0.3) is 0 Å². The van der Waals surface area contributed by atoms with Crippen LogP contribution in [0.1, 0.15) is 133 Å². The van der Waals surface area contributed by atoms with E-state index in [4.69, 9.17) is 0 Å². The average molecular weight is 934 g/mol. The fraction of sp³-hybridized carbons (Fsp3) is 0.511. The molecule has 1 radical (unpaired) electrons. The summed E-state index contributed by atoms with van der Waals surface area (Å²) >= 11 is 0. The first kappa shape index (κ1) is 46.0. The number of halogens is 3. The van der Waals surface area contributed by atoms with Crippen LogP contribution in [0.5, 0.6) is 0 Å². The molecular weight excluding hydrogens is 874 g/mol. The molecule has 0 unspecified atom stereocenters. The van der Waals surface area contributed by atoms with Crippen molar-refractivity contribution in [3.63, 3.8) is 0 Å². The van der Waals surface area contributed by atoms with Crippen LogP contribution < -0.4 is 0 Å². The van der Waals surface area contributed by atoms with E-state index in [-0.39, 0.29) is 49.9 Å². The second-order valence-electron chi connectivity index (χ2n) is 15.9. The number of aryl methyl sites for hydroxylation is 3. The van der Waals surface area contributed by atoms with Crippen molar-refractivity contribution < 1.29 is 43.2 Å². The third kappa shape index (κ3) is 11.4. The summed E-state index contributed by atoms with van der Waals surface area (Å²) in [5, 5.41) is 21.2. The van der Waals surface area contributed by atoms with E-state index in [1.54, 1.807) is 0 Å². The predicted octanol–water partition coefficient (Wildman–Crippen LogP) is 13.7. The molecule has 5 rings (SSSR count). The molecule has 0 spiro atoms. The van der Waals surface area contributed by atoms with Gasteiger partial charge in [-0.2, -0.15) is 23.4 Å². The summed E-state index contributed by atoms with van der Waals surface area (Å²) in [6, 6.07) is 20.1. The number of benzene rings is 3. The van der Waals surface area contributed by atoms with Crippen LogP contribution in [0.2, 0.25) is 0 Å². The van der Waals surface area contributed by atoms with Crippen molar-refractivity contribution >= 4 is 16.6 Å². The number of aromatic nitrogens is 2. The van der Waals surface area contributed by atoms with Crippen molar-refractivity contribution in [3.8, 4) is 22.4 Å². The summed E-state index contributed by atoms with van der Waals surface area (Å²) in [5.74, 6) is 1.08. The minimum atomic E-state index is -4.26. The summed E-state index contributed by atoms with van der Waals surface area (Å²) in [7, 11) is 0. The summed E-state index contributed by atoms with van der Waals surface area (Å²) in [4.78, 5) is 11.7. The number of hydrogen-bond donors (Lipinski definition) is 1. The zero-order chi connectivity index (χ0) is 39.8. The van der Waals surface area contributed by atoms with E-state index < -0.39 is 11.6 Å². The van der Waals surface area contributed by atoms with E-state index in [2.05, 4.69) is 46.6 Å². The van der Waals surface area contributed by atoms with Gasteiger partial charge in [0.05, 0.1) is 16.9 Å². The molecule has 0 bridgehead atoms. The fourth-order valence-corrected chi connectivity index (χ4v) is 7.96. The first-order valence-corrected chi connectivity index (χ1v) is 20.0. The molecule has 0 atom stereocenters. The Morgan fingerprint density at radius 2 is 1.45 bits per heavy atom. The number of carbonyl (C=O) groups is 1. The van der Waals surface area contributed by atoms with Crippen LogP contribution in [0, 0.1) is 44.1 Å². The third-order valence-corrected chi connectivity index (χ3v) is 11.5. The quantitative estimate of drug-likeness (QED) is 0.0873. The van der Waals surface area contributed by atoms with Gasteiger partial charge in [-0.25, -0.2) is 0 Å². The van der Waals surface area contributed by atoms with E-state index in [1.807, 2.05) is 66.7 Å². The van der Waals surface area contributed by atoms with Crippen LogP contribution in [0.3, 0.4) is 0 Å². The molecule has 1 aliphatic rings. The molecule has 1 N–H and O–H groups in total. The molecule has 0 aliphatic heterocycles. The van der Waals surface area contributed by atoms with Crippen LogP contribution >= 0.6 is 0 Å². The Bertz CT molecular complexity index is 1900. The minimum Gasteiger partial charge on any atom is -0.512 e. The molecule has 4 nitrogen and oxygen atoms in total. The van der Waals surface area contributed by atoms with Crippen LogP contribution in [-0.4, -0.2) is 27.3 Å². The average Bonchev–Trinajstić information content (AvgIpc) is 3.12. The van der Waals surface area contributed by atoms with Crippen molar-refractivity contribution in [2.75, 3.05) is 0 Å². The number of hydrogen-bond acceptors (Lipinski definition) is 4. The zero-order valence-corrected chi connectivity index (χ0v) is 36.6. The Morgan fingerprint density at radius 1 is 0.873 bits per heavy atom. The van der Waals surface area contributed by atoms with Gasteiger partial charge in [-0.05, 0) is 93.9 Å². The summed E-state index contributed by atoms with van der Waals surface area (Å²) < 4.78 is 40.6. The number of aliphatic hydroxyl groups is 1. The monoisotopic (exact) mass is 934 g/mol. The van der Waals surface area contributed by atoms with Gasteiger partial charge in [0.1, 0.15) is 0 Å². The SMILES string of the molecule is CCC(CC)C(=O)/C=C(\O)C(CC)CC.Cc1cc(CC(C)(C)C(F)(F)F)cc(C)c1-c1cc(-c2[c-]c3ccccc3c(C3CCCCC3)c2)nnc1C.[Ir]. The van der Waals surface area contributed by atoms with Crippen LogP contribution in [-0.2, 0) is 31.3 Å². The molecule has 55 heavy (non-hydrogen) atoms. The first-order valence-electron chi connectivity index (χ1n) is 20.0. The minimum absolute atomic E-state index is 0. The second kappa shape index (κ2) is 20.2. The summed E-state index contributed by atoms with van der Waals surface area (Å²) in [6.45, 7) is 16.5. The number of nitrogens with zero attached hydrogens (tertiary/aromatic N) is 2. The number of carbonyl (C=O) groups excluding carboxylic acids is 1. The second-order valence-corrected chi connectivity index (χ2v) is 15.9. The van der Waals surface area contributed by atoms with E-state index in [9.17, 15) is 23.1 Å². The maximum absolute atomic E-state index is 13.5.